The summed E-state index contributed by atoms with van der Waals surface area (Å²) in [5.41, 5.74) is 6.94. The number of carbonyl (C=O) groups excluding carboxylic acids is 1. The third-order valence-corrected chi connectivity index (χ3v) is 4.15. The standard InChI is InChI=1S/C17H24N2O2/c1-12(10-13-6-4-5-7-16(13)21-3)19(2)17(20)14-8-9-15(18)11-14/h4-9,12,14-15H,10-11,18H2,1-3H3. The predicted octanol–water partition coefficient (Wildman–Crippen LogP) is 1.99. The van der Waals surface area contributed by atoms with Crippen molar-refractivity contribution in [3.8, 4) is 5.75 Å². The molecule has 0 spiro atoms. The highest BCUT2D eigenvalue weighted by molar-refractivity contribution is 5.81. The van der Waals surface area contributed by atoms with Gasteiger partial charge in [-0.25, -0.2) is 0 Å². The molecule has 2 rings (SSSR count). The van der Waals surface area contributed by atoms with E-state index in [0.717, 1.165) is 17.7 Å². The van der Waals surface area contributed by atoms with Crippen molar-refractivity contribution >= 4 is 5.91 Å². The van der Waals surface area contributed by atoms with Crippen LogP contribution in [0.4, 0.5) is 0 Å². The predicted molar refractivity (Wildman–Crippen MR) is 84.2 cm³/mol. The Bertz CT molecular complexity index is 527. The number of hydrogen-bond donors (Lipinski definition) is 1. The lowest BCUT2D eigenvalue weighted by molar-refractivity contribution is -0.134. The van der Waals surface area contributed by atoms with Crippen LogP contribution >= 0.6 is 0 Å². The Hall–Kier alpha value is -1.81. The number of carbonyl (C=O) groups is 1. The van der Waals surface area contributed by atoms with Gasteiger partial charge in [-0.05, 0) is 31.4 Å². The largest absolute Gasteiger partial charge is 0.496 e. The summed E-state index contributed by atoms with van der Waals surface area (Å²) in [4.78, 5) is 14.3. The summed E-state index contributed by atoms with van der Waals surface area (Å²) in [6, 6.07) is 8.05. The van der Waals surface area contributed by atoms with Gasteiger partial charge in [0.05, 0.1) is 13.0 Å². The molecule has 0 fully saturated rings. The molecule has 3 atom stereocenters. The lowest BCUT2D eigenvalue weighted by atomic mass is 10.0. The number of rotatable bonds is 5. The van der Waals surface area contributed by atoms with Crippen molar-refractivity contribution in [3.63, 3.8) is 0 Å². The van der Waals surface area contributed by atoms with Crippen LogP contribution in [0.15, 0.2) is 36.4 Å². The summed E-state index contributed by atoms with van der Waals surface area (Å²) < 4.78 is 5.37. The topological polar surface area (TPSA) is 55.6 Å². The van der Waals surface area contributed by atoms with Crippen LogP contribution in [0.1, 0.15) is 18.9 Å². The van der Waals surface area contributed by atoms with Crippen LogP contribution in [-0.4, -0.2) is 37.0 Å². The summed E-state index contributed by atoms with van der Waals surface area (Å²) in [7, 11) is 3.53. The molecule has 0 saturated carbocycles. The van der Waals surface area contributed by atoms with E-state index in [4.69, 9.17) is 10.5 Å². The first-order valence-electron chi connectivity index (χ1n) is 7.35. The molecule has 0 bridgehead atoms. The number of methoxy groups -OCH3 is 1. The molecule has 0 radical (unpaired) electrons. The zero-order chi connectivity index (χ0) is 15.4. The zero-order valence-electron chi connectivity index (χ0n) is 13.0. The molecular formula is C17H24N2O2. The number of nitrogens with two attached hydrogens (primary N) is 1. The van der Waals surface area contributed by atoms with E-state index in [0.29, 0.717) is 6.42 Å². The third kappa shape index (κ3) is 3.64. The normalized spacial score (nSPS) is 22.1. The highest BCUT2D eigenvalue weighted by Gasteiger charge is 2.27. The fourth-order valence-electron chi connectivity index (χ4n) is 2.72. The lowest BCUT2D eigenvalue weighted by Crippen LogP contribution is -2.40. The first kappa shape index (κ1) is 15.6. The van der Waals surface area contributed by atoms with E-state index < -0.39 is 0 Å². The smallest absolute Gasteiger partial charge is 0.229 e. The molecule has 0 aliphatic heterocycles. The van der Waals surface area contributed by atoms with Gasteiger partial charge in [0.25, 0.3) is 0 Å². The van der Waals surface area contributed by atoms with Crippen molar-refractivity contribution in [1.29, 1.82) is 0 Å². The highest BCUT2D eigenvalue weighted by atomic mass is 16.5. The minimum Gasteiger partial charge on any atom is -0.496 e. The fourth-order valence-corrected chi connectivity index (χ4v) is 2.72. The number of para-hydroxylation sites is 1. The second-order valence-electron chi connectivity index (χ2n) is 5.71. The van der Waals surface area contributed by atoms with E-state index in [1.807, 2.05) is 48.4 Å². The van der Waals surface area contributed by atoms with Crippen LogP contribution in [0, 0.1) is 5.92 Å². The number of nitrogens with zero attached hydrogens (tertiary/aromatic N) is 1. The van der Waals surface area contributed by atoms with E-state index in [-0.39, 0.29) is 23.9 Å². The number of ether oxygens (including phenoxy) is 1. The molecule has 1 aliphatic carbocycles. The van der Waals surface area contributed by atoms with Gasteiger partial charge < -0.3 is 15.4 Å². The second-order valence-corrected chi connectivity index (χ2v) is 5.71. The molecular weight excluding hydrogens is 264 g/mol. The summed E-state index contributed by atoms with van der Waals surface area (Å²) in [6.07, 6.45) is 5.33. The molecule has 0 aromatic heterocycles. The minimum atomic E-state index is -0.0786. The van der Waals surface area contributed by atoms with Crippen LogP contribution in [0.2, 0.25) is 0 Å². The lowest BCUT2D eigenvalue weighted by Gasteiger charge is -2.28. The quantitative estimate of drug-likeness (QED) is 0.843. The second kappa shape index (κ2) is 6.76. The molecule has 21 heavy (non-hydrogen) atoms. The van der Waals surface area contributed by atoms with Crippen molar-refractivity contribution in [2.24, 2.45) is 11.7 Å². The van der Waals surface area contributed by atoms with Crippen molar-refractivity contribution in [2.45, 2.75) is 31.8 Å². The number of likely N-dealkylation sites (N-methyl/N-ethyl adjacent to an activating group) is 1. The molecule has 3 unspecified atom stereocenters. The average Bonchev–Trinajstić information content (AvgIpc) is 2.92. The Balaban J connectivity index is 2.00. The Morgan fingerprint density at radius 2 is 2.14 bits per heavy atom. The number of amides is 1. The summed E-state index contributed by atoms with van der Waals surface area (Å²) in [6.45, 7) is 2.06. The molecule has 4 nitrogen and oxygen atoms in total. The van der Waals surface area contributed by atoms with Crippen molar-refractivity contribution in [2.75, 3.05) is 14.2 Å². The first-order chi connectivity index (χ1) is 10.0. The van der Waals surface area contributed by atoms with Gasteiger partial charge in [0.2, 0.25) is 5.91 Å². The van der Waals surface area contributed by atoms with Crippen LogP contribution in [0.25, 0.3) is 0 Å². The fraction of sp³-hybridized carbons (Fsp3) is 0.471. The maximum Gasteiger partial charge on any atom is 0.229 e. The molecule has 2 N–H and O–H groups in total. The monoisotopic (exact) mass is 288 g/mol. The van der Waals surface area contributed by atoms with E-state index in [1.54, 1.807) is 7.11 Å². The Kier molecular flexibility index (Phi) is 5.02. The Morgan fingerprint density at radius 3 is 2.76 bits per heavy atom. The van der Waals surface area contributed by atoms with E-state index in [1.165, 1.54) is 0 Å². The maximum absolute atomic E-state index is 12.5. The van der Waals surface area contributed by atoms with Gasteiger partial charge in [0, 0.05) is 19.1 Å². The summed E-state index contributed by atoms with van der Waals surface area (Å²) in [5.74, 6) is 0.930. The van der Waals surface area contributed by atoms with E-state index >= 15 is 0 Å². The molecule has 0 heterocycles. The van der Waals surface area contributed by atoms with Gasteiger partial charge in [-0.15, -0.1) is 0 Å². The van der Waals surface area contributed by atoms with Crippen LogP contribution in [0.5, 0.6) is 5.75 Å². The van der Waals surface area contributed by atoms with Crippen molar-refractivity contribution in [3.05, 3.63) is 42.0 Å². The van der Waals surface area contributed by atoms with Gasteiger partial charge in [-0.2, -0.15) is 0 Å². The third-order valence-electron chi connectivity index (χ3n) is 4.15. The van der Waals surface area contributed by atoms with Gasteiger partial charge in [0.1, 0.15) is 5.75 Å². The molecule has 1 aromatic rings. The van der Waals surface area contributed by atoms with Gasteiger partial charge >= 0.3 is 0 Å². The summed E-state index contributed by atoms with van der Waals surface area (Å²) >= 11 is 0. The van der Waals surface area contributed by atoms with Gasteiger partial charge in [0.15, 0.2) is 0 Å². The Labute approximate surface area is 126 Å². The molecule has 114 valence electrons. The molecule has 0 saturated heterocycles. The SMILES string of the molecule is COc1ccccc1CC(C)N(C)C(=O)C1C=CC(N)C1. The van der Waals surface area contributed by atoms with Crippen LogP contribution < -0.4 is 10.5 Å². The minimum absolute atomic E-state index is 0.0110. The van der Waals surface area contributed by atoms with Crippen LogP contribution in [0.3, 0.4) is 0 Å². The Morgan fingerprint density at radius 1 is 1.43 bits per heavy atom. The first-order valence-corrected chi connectivity index (χ1v) is 7.35. The number of benzene rings is 1. The number of hydrogen-bond acceptors (Lipinski definition) is 3. The molecule has 1 aliphatic rings. The molecule has 1 aromatic carbocycles. The zero-order valence-corrected chi connectivity index (χ0v) is 13.0. The van der Waals surface area contributed by atoms with Crippen LogP contribution in [-0.2, 0) is 11.2 Å². The molecule has 4 heteroatoms. The average molecular weight is 288 g/mol. The van der Waals surface area contributed by atoms with E-state index in [9.17, 15) is 4.79 Å². The van der Waals surface area contributed by atoms with Gasteiger partial charge in [-0.1, -0.05) is 30.4 Å². The van der Waals surface area contributed by atoms with E-state index in [2.05, 4.69) is 6.92 Å². The highest BCUT2D eigenvalue weighted by Crippen LogP contribution is 2.23. The van der Waals surface area contributed by atoms with Crippen molar-refractivity contribution < 1.29 is 9.53 Å². The van der Waals surface area contributed by atoms with Crippen molar-refractivity contribution in [1.82, 2.24) is 4.90 Å². The molecule has 1 amide bonds. The summed E-state index contributed by atoms with van der Waals surface area (Å²) in [5, 5.41) is 0. The maximum atomic E-state index is 12.5. The van der Waals surface area contributed by atoms with Gasteiger partial charge in [-0.3, -0.25) is 4.79 Å².